The van der Waals surface area contributed by atoms with Crippen molar-refractivity contribution in [2.45, 2.75) is 24.7 Å². The van der Waals surface area contributed by atoms with Crippen LogP contribution in [0.3, 0.4) is 0 Å². The van der Waals surface area contributed by atoms with Crippen LogP contribution in [0.25, 0.3) is 0 Å². The molecule has 9 heteroatoms. The molecule has 1 saturated heterocycles. The van der Waals surface area contributed by atoms with Gasteiger partial charge in [0.25, 0.3) is 5.91 Å². The lowest BCUT2D eigenvalue weighted by atomic mass is 10.2. The van der Waals surface area contributed by atoms with Gasteiger partial charge in [0.2, 0.25) is 15.9 Å². The van der Waals surface area contributed by atoms with E-state index in [1.807, 2.05) is 6.92 Å². The van der Waals surface area contributed by atoms with Crippen molar-refractivity contribution < 1.29 is 18.0 Å². The molecule has 0 unspecified atom stereocenters. The summed E-state index contributed by atoms with van der Waals surface area (Å²) in [5.41, 5.74) is 5.36. The predicted octanol–water partition coefficient (Wildman–Crippen LogP) is -0.243. The first-order chi connectivity index (χ1) is 10.8. The van der Waals surface area contributed by atoms with Crippen molar-refractivity contribution in [2.24, 2.45) is 12.8 Å². The lowest BCUT2D eigenvalue weighted by Gasteiger charge is -2.33. The molecule has 0 atom stereocenters. The number of aryl methyl sites for hydroxylation is 1. The van der Waals surface area contributed by atoms with Gasteiger partial charge in [-0.2, -0.15) is 4.31 Å². The quantitative estimate of drug-likeness (QED) is 0.797. The van der Waals surface area contributed by atoms with Crippen LogP contribution in [0.1, 0.15) is 30.3 Å². The number of carbonyl (C=O) groups is 2. The molecule has 2 rings (SSSR count). The van der Waals surface area contributed by atoms with Crippen LogP contribution in [0, 0.1) is 0 Å². The van der Waals surface area contributed by atoms with Gasteiger partial charge in [-0.25, -0.2) is 8.42 Å². The molecule has 0 saturated carbocycles. The van der Waals surface area contributed by atoms with E-state index in [1.165, 1.54) is 21.1 Å². The number of aromatic nitrogens is 1. The fourth-order valence-electron chi connectivity index (χ4n) is 2.62. The van der Waals surface area contributed by atoms with Crippen LogP contribution in [0.4, 0.5) is 0 Å². The Hall–Kier alpha value is -1.87. The number of sulfonamides is 1. The summed E-state index contributed by atoms with van der Waals surface area (Å²) in [5.74, 6) is -0.621. The van der Waals surface area contributed by atoms with Gasteiger partial charge in [0, 0.05) is 45.8 Å². The number of piperazine rings is 1. The molecule has 0 aromatic carbocycles. The van der Waals surface area contributed by atoms with Crippen molar-refractivity contribution in [3.63, 3.8) is 0 Å². The van der Waals surface area contributed by atoms with Crippen molar-refractivity contribution in [3.05, 3.63) is 18.0 Å². The first kappa shape index (κ1) is 17.5. The third-order valence-electron chi connectivity index (χ3n) is 3.93. The van der Waals surface area contributed by atoms with Gasteiger partial charge in [0.05, 0.1) is 0 Å². The van der Waals surface area contributed by atoms with Gasteiger partial charge in [-0.05, 0) is 12.5 Å². The maximum absolute atomic E-state index is 12.6. The molecule has 0 spiro atoms. The number of carbonyl (C=O) groups excluding carboxylic acids is 2. The summed E-state index contributed by atoms with van der Waals surface area (Å²) in [4.78, 5) is 24.9. The average Bonchev–Trinajstić information content (AvgIpc) is 2.90. The Labute approximate surface area is 135 Å². The molecule has 2 amide bonds. The molecule has 2 N–H and O–H groups in total. The minimum Gasteiger partial charge on any atom is -0.364 e. The molecule has 128 valence electrons. The highest BCUT2D eigenvalue weighted by Gasteiger charge is 2.31. The SMILES string of the molecule is CCCC(=O)N1CCN(S(=O)(=O)c2cc(C(N)=O)n(C)c2)CC1. The number of nitrogens with zero attached hydrogens (tertiary/aromatic N) is 3. The smallest absolute Gasteiger partial charge is 0.265 e. The molecule has 1 aliphatic rings. The van der Waals surface area contributed by atoms with Gasteiger partial charge in [0.15, 0.2) is 0 Å². The highest BCUT2D eigenvalue weighted by molar-refractivity contribution is 7.89. The maximum Gasteiger partial charge on any atom is 0.265 e. The predicted molar refractivity (Wildman–Crippen MR) is 84.2 cm³/mol. The third kappa shape index (κ3) is 3.56. The van der Waals surface area contributed by atoms with Crippen LogP contribution in [0.5, 0.6) is 0 Å². The zero-order valence-electron chi connectivity index (χ0n) is 13.4. The van der Waals surface area contributed by atoms with Crippen LogP contribution in [-0.4, -0.2) is 60.2 Å². The Balaban J connectivity index is 2.12. The van der Waals surface area contributed by atoms with Gasteiger partial charge in [-0.15, -0.1) is 0 Å². The van der Waals surface area contributed by atoms with Crippen molar-refractivity contribution >= 4 is 21.8 Å². The van der Waals surface area contributed by atoms with Gasteiger partial charge < -0.3 is 15.2 Å². The van der Waals surface area contributed by atoms with E-state index in [9.17, 15) is 18.0 Å². The number of primary amides is 1. The molecule has 1 aromatic rings. The first-order valence-corrected chi connectivity index (χ1v) is 8.95. The van der Waals surface area contributed by atoms with Crippen molar-refractivity contribution in [2.75, 3.05) is 26.2 Å². The summed E-state index contributed by atoms with van der Waals surface area (Å²) in [7, 11) is -2.12. The molecule has 0 radical (unpaired) electrons. The largest absolute Gasteiger partial charge is 0.364 e. The molecular weight excluding hydrogens is 320 g/mol. The second-order valence-electron chi connectivity index (χ2n) is 5.57. The Kier molecular flexibility index (Phi) is 5.10. The number of rotatable bonds is 5. The van der Waals surface area contributed by atoms with E-state index in [2.05, 4.69) is 0 Å². The normalized spacial score (nSPS) is 16.5. The summed E-state index contributed by atoms with van der Waals surface area (Å²) in [6.45, 7) is 3.20. The van der Waals surface area contributed by atoms with E-state index in [0.717, 1.165) is 6.42 Å². The monoisotopic (exact) mass is 342 g/mol. The Morgan fingerprint density at radius 2 is 1.83 bits per heavy atom. The van der Waals surface area contributed by atoms with Crippen LogP contribution < -0.4 is 5.73 Å². The number of amides is 2. The second-order valence-corrected chi connectivity index (χ2v) is 7.51. The number of nitrogens with two attached hydrogens (primary N) is 1. The summed E-state index contributed by atoms with van der Waals surface area (Å²) in [5, 5.41) is 0. The summed E-state index contributed by atoms with van der Waals surface area (Å²) in [6, 6.07) is 1.28. The van der Waals surface area contributed by atoms with Gasteiger partial charge >= 0.3 is 0 Å². The topological polar surface area (TPSA) is 106 Å². The van der Waals surface area contributed by atoms with Gasteiger partial charge in [-0.1, -0.05) is 6.92 Å². The molecule has 2 heterocycles. The Bertz CT molecular complexity index is 702. The fraction of sp³-hybridized carbons (Fsp3) is 0.571. The summed E-state index contributed by atoms with van der Waals surface area (Å²) < 4.78 is 28.0. The molecule has 1 aliphatic heterocycles. The molecule has 23 heavy (non-hydrogen) atoms. The highest BCUT2D eigenvalue weighted by atomic mass is 32.2. The number of hydrogen-bond donors (Lipinski definition) is 1. The van der Waals surface area contributed by atoms with E-state index >= 15 is 0 Å². The molecule has 8 nitrogen and oxygen atoms in total. The van der Waals surface area contributed by atoms with Crippen LogP contribution >= 0.6 is 0 Å². The molecule has 1 fully saturated rings. The van der Waals surface area contributed by atoms with E-state index in [4.69, 9.17) is 5.73 Å². The first-order valence-electron chi connectivity index (χ1n) is 7.51. The van der Waals surface area contributed by atoms with Crippen LogP contribution in [0.2, 0.25) is 0 Å². The van der Waals surface area contributed by atoms with Crippen LogP contribution in [-0.2, 0) is 21.9 Å². The summed E-state index contributed by atoms with van der Waals surface area (Å²) >= 11 is 0. The van der Waals surface area contributed by atoms with E-state index in [0.29, 0.717) is 19.5 Å². The molecular formula is C14H22N4O4S. The third-order valence-corrected chi connectivity index (χ3v) is 5.79. The highest BCUT2D eigenvalue weighted by Crippen LogP contribution is 2.20. The standard InChI is InChI=1S/C14H22N4O4S/c1-3-4-13(19)17-5-7-18(8-6-17)23(21,22)11-9-12(14(15)20)16(2)10-11/h9-10H,3-8H2,1-2H3,(H2,15,20). The average molecular weight is 342 g/mol. The number of hydrogen-bond acceptors (Lipinski definition) is 4. The van der Waals surface area contributed by atoms with E-state index in [1.54, 1.807) is 11.9 Å². The minimum absolute atomic E-state index is 0.0436. The second kappa shape index (κ2) is 6.71. The molecule has 1 aromatic heterocycles. The minimum atomic E-state index is -3.69. The molecule has 0 bridgehead atoms. The Morgan fingerprint density at radius 3 is 2.30 bits per heavy atom. The van der Waals surface area contributed by atoms with Gasteiger partial charge in [-0.3, -0.25) is 9.59 Å². The van der Waals surface area contributed by atoms with Crippen molar-refractivity contribution in [3.8, 4) is 0 Å². The van der Waals surface area contributed by atoms with Crippen molar-refractivity contribution in [1.29, 1.82) is 0 Å². The van der Waals surface area contributed by atoms with E-state index in [-0.39, 0.29) is 29.6 Å². The van der Waals surface area contributed by atoms with Gasteiger partial charge in [0.1, 0.15) is 10.6 Å². The van der Waals surface area contributed by atoms with Crippen molar-refractivity contribution in [1.82, 2.24) is 13.8 Å². The zero-order valence-corrected chi connectivity index (χ0v) is 14.2. The lowest BCUT2D eigenvalue weighted by molar-refractivity contribution is -0.132. The zero-order chi connectivity index (χ0) is 17.2. The summed E-state index contributed by atoms with van der Waals surface area (Å²) in [6.07, 6.45) is 2.63. The Morgan fingerprint density at radius 1 is 1.22 bits per heavy atom. The van der Waals surface area contributed by atoms with E-state index < -0.39 is 15.9 Å². The lowest BCUT2D eigenvalue weighted by Crippen LogP contribution is -2.50. The van der Waals surface area contributed by atoms with Crippen LogP contribution in [0.15, 0.2) is 17.2 Å². The molecule has 0 aliphatic carbocycles. The maximum atomic E-state index is 12.6. The fourth-order valence-corrected chi connectivity index (χ4v) is 4.11.